The van der Waals surface area contributed by atoms with Crippen LogP contribution in [0, 0.1) is 5.92 Å². The van der Waals surface area contributed by atoms with Crippen molar-refractivity contribution in [1.29, 1.82) is 0 Å². The summed E-state index contributed by atoms with van der Waals surface area (Å²) < 4.78 is 5.60. The van der Waals surface area contributed by atoms with E-state index in [1.54, 1.807) is 4.90 Å². The summed E-state index contributed by atoms with van der Waals surface area (Å²) in [5.74, 6) is 1.28. The number of carbonyl (C=O) groups excluding carboxylic acids is 1. The summed E-state index contributed by atoms with van der Waals surface area (Å²) in [5, 5.41) is 3.41. The van der Waals surface area contributed by atoms with Crippen molar-refractivity contribution in [2.75, 3.05) is 11.9 Å². The zero-order valence-corrected chi connectivity index (χ0v) is 16.8. The first-order chi connectivity index (χ1) is 11.5. The summed E-state index contributed by atoms with van der Waals surface area (Å²) in [6.07, 6.45) is 1.73. The van der Waals surface area contributed by atoms with E-state index in [0.29, 0.717) is 19.0 Å². The zero-order chi connectivity index (χ0) is 18.8. The van der Waals surface area contributed by atoms with Gasteiger partial charge in [-0.3, -0.25) is 0 Å². The fraction of sp³-hybridized carbons (Fsp3) is 0.700. The molecule has 0 spiro atoms. The average molecular weight is 348 g/mol. The minimum Gasteiger partial charge on any atom is -0.444 e. The fourth-order valence-electron chi connectivity index (χ4n) is 2.98. The maximum atomic E-state index is 12.6. The van der Waals surface area contributed by atoms with Gasteiger partial charge in [-0.25, -0.2) is 9.78 Å². The predicted octanol–water partition coefficient (Wildman–Crippen LogP) is 4.61. The highest BCUT2D eigenvalue weighted by Gasteiger charge is 2.29. The maximum Gasteiger partial charge on any atom is 0.410 e. The molecule has 0 aromatic carbocycles. The topological polar surface area (TPSA) is 54.5 Å². The monoisotopic (exact) mass is 347 g/mol. The molecule has 1 aliphatic rings. The van der Waals surface area contributed by atoms with Crippen molar-refractivity contribution in [3.63, 3.8) is 0 Å². The molecule has 0 aliphatic carbocycles. The van der Waals surface area contributed by atoms with Gasteiger partial charge >= 0.3 is 6.09 Å². The van der Waals surface area contributed by atoms with E-state index in [2.05, 4.69) is 39.1 Å². The van der Waals surface area contributed by atoms with Gasteiger partial charge in [0, 0.05) is 12.1 Å². The van der Waals surface area contributed by atoms with Gasteiger partial charge in [0.05, 0.1) is 12.2 Å². The van der Waals surface area contributed by atoms with Crippen LogP contribution in [0.4, 0.5) is 10.6 Å². The Bertz CT molecular complexity index is 614. The van der Waals surface area contributed by atoms with Gasteiger partial charge in [-0.15, -0.1) is 0 Å². The highest BCUT2D eigenvalue weighted by atomic mass is 16.6. The number of hydrogen-bond acceptors (Lipinski definition) is 4. The van der Waals surface area contributed by atoms with Crippen LogP contribution in [-0.4, -0.2) is 33.7 Å². The van der Waals surface area contributed by atoms with Crippen LogP contribution in [0.15, 0.2) is 12.1 Å². The standard InChI is InChI=1S/C20H33N3O2/c1-8-14-11-15-9-10-17(22-19(2,3)4)21-16(15)13-23(12-14)18(24)25-20(5,6)7/h9-10,14H,8,11-13H2,1-7H3,(H,21,22)/t14-/m0/s1. The third-order valence-electron chi connectivity index (χ3n) is 4.13. The van der Waals surface area contributed by atoms with Crippen LogP contribution < -0.4 is 5.32 Å². The Labute approximate surface area is 152 Å². The van der Waals surface area contributed by atoms with Gasteiger partial charge in [0.25, 0.3) is 0 Å². The van der Waals surface area contributed by atoms with Gasteiger partial charge < -0.3 is 15.0 Å². The molecule has 1 amide bonds. The summed E-state index contributed by atoms with van der Waals surface area (Å²) in [5.41, 5.74) is 1.66. The van der Waals surface area contributed by atoms with E-state index in [1.165, 1.54) is 5.56 Å². The molecule has 5 nitrogen and oxygen atoms in total. The number of rotatable bonds is 2. The number of pyridine rings is 1. The largest absolute Gasteiger partial charge is 0.444 e. The fourth-order valence-corrected chi connectivity index (χ4v) is 2.98. The molecule has 0 unspecified atom stereocenters. The highest BCUT2D eigenvalue weighted by molar-refractivity contribution is 5.68. The SMILES string of the molecule is CC[C@H]1Cc2ccc(NC(C)(C)C)nc2CN(C(=O)OC(C)(C)C)C1. The Balaban J connectivity index is 2.28. The molecule has 1 aromatic heterocycles. The van der Waals surface area contributed by atoms with Gasteiger partial charge in [-0.2, -0.15) is 0 Å². The second kappa shape index (κ2) is 7.22. The predicted molar refractivity (Wildman–Crippen MR) is 102 cm³/mol. The lowest BCUT2D eigenvalue weighted by Crippen LogP contribution is -2.38. The first-order valence-electron chi connectivity index (χ1n) is 9.22. The Morgan fingerprint density at radius 2 is 1.96 bits per heavy atom. The summed E-state index contributed by atoms with van der Waals surface area (Å²) in [4.78, 5) is 19.2. The summed E-state index contributed by atoms with van der Waals surface area (Å²) in [6.45, 7) is 15.4. The van der Waals surface area contributed by atoms with Crippen LogP contribution in [0.5, 0.6) is 0 Å². The third kappa shape index (κ3) is 5.91. The number of hydrogen-bond donors (Lipinski definition) is 1. The smallest absolute Gasteiger partial charge is 0.410 e. The lowest BCUT2D eigenvalue weighted by atomic mass is 9.97. The van der Waals surface area contributed by atoms with Crippen molar-refractivity contribution in [2.45, 2.75) is 79.0 Å². The molecule has 1 aliphatic heterocycles. The number of fused-ring (bicyclic) bond motifs is 1. The minimum atomic E-state index is -0.489. The molecule has 1 aromatic rings. The number of aromatic nitrogens is 1. The normalized spacial score (nSPS) is 18.4. The van der Waals surface area contributed by atoms with Crippen LogP contribution in [0.1, 0.15) is 66.1 Å². The van der Waals surface area contributed by atoms with Gasteiger partial charge in [-0.1, -0.05) is 19.4 Å². The summed E-state index contributed by atoms with van der Waals surface area (Å²) in [6, 6.07) is 4.19. The third-order valence-corrected chi connectivity index (χ3v) is 4.13. The van der Waals surface area contributed by atoms with Crippen molar-refractivity contribution in [1.82, 2.24) is 9.88 Å². The second-order valence-electron chi connectivity index (χ2n) is 9.02. The average Bonchev–Trinajstić information content (AvgIpc) is 2.62. The molecule has 25 heavy (non-hydrogen) atoms. The molecule has 0 radical (unpaired) electrons. The van der Waals surface area contributed by atoms with Crippen LogP contribution >= 0.6 is 0 Å². The lowest BCUT2D eigenvalue weighted by molar-refractivity contribution is 0.0207. The van der Waals surface area contributed by atoms with Gasteiger partial charge in [0.1, 0.15) is 11.4 Å². The van der Waals surface area contributed by atoms with Crippen molar-refractivity contribution in [2.24, 2.45) is 5.92 Å². The van der Waals surface area contributed by atoms with Crippen LogP contribution in [0.2, 0.25) is 0 Å². The van der Waals surface area contributed by atoms with E-state index < -0.39 is 5.60 Å². The highest BCUT2D eigenvalue weighted by Crippen LogP contribution is 2.26. The van der Waals surface area contributed by atoms with Crippen molar-refractivity contribution < 1.29 is 9.53 Å². The number of amides is 1. The number of ether oxygens (including phenoxy) is 1. The van der Waals surface area contributed by atoms with Crippen molar-refractivity contribution in [3.05, 3.63) is 23.4 Å². The molecule has 140 valence electrons. The molecular formula is C20H33N3O2. The van der Waals surface area contributed by atoms with E-state index in [-0.39, 0.29) is 11.6 Å². The molecule has 1 atom stereocenters. The summed E-state index contributed by atoms with van der Waals surface area (Å²) >= 11 is 0. The molecular weight excluding hydrogens is 314 g/mol. The number of carbonyl (C=O) groups is 1. The number of nitrogens with zero attached hydrogens (tertiary/aromatic N) is 2. The van der Waals surface area contributed by atoms with Crippen LogP contribution in [0.3, 0.4) is 0 Å². The first kappa shape index (κ1) is 19.5. The van der Waals surface area contributed by atoms with Crippen molar-refractivity contribution in [3.8, 4) is 0 Å². The maximum absolute atomic E-state index is 12.6. The van der Waals surface area contributed by atoms with E-state index in [4.69, 9.17) is 9.72 Å². The molecule has 1 N–H and O–H groups in total. The molecule has 0 bridgehead atoms. The second-order valence-corrected chi connectivity index (χ2v) is 9.02. The molecule has 5 heteroatoms. The van der Waals surface area contributed by atoms with Crippen molar-refractivity contribution >= 4 is 11.9 Å². The Morgan fingerprint density at radius 1 is 1.28 bits per heavy atom. The minimum absolute atomic E-state index is 0.0528. The number of anilines is 1. The van der Waals surface area contributed by atoms with Gasteiger partial charge in [-0.05, 0) is 65.5 Å². The van der Waals surface area contributed by atoms with E-state index in [0.717, 1.165) is 24.4 Å². The molecule has 0 saturated carbocycles. The molecule has 2 rings (SSSR count). The summed E-state index contributed by atoms with van der Waals surface area (Å²) in [7, 11) is 0. The Kier molecular flexibility index (Phi) is 5.65. The molecule has 2 heterocycles. The zero-order valence-electron chi connectivity index (χ0n) is 16.8. The van der Waals surface area contributed by atoms with E-state index in [9.17, 15) is 4.79 Å². The first-order valence-corrected chi connectivity index (χ1v) is 9.22. The van der Waals surface area contributed by atoms with E-state index in [1.807, 2.05) is 26.8 Å². The van der Waals surface area contributed by atoms with Crippen LogP contribution in [0.25, 0.3) is 0 Å². The molecule has 0 saturated heterocycles. The van der Waals surface area contributed by atoms with Gasteiger partial charge in [0.2, 0.25) is 0 Å². The van der Waals surface area contributed by atoms with E-state index >= 15 is 0 Å². The quantitative estimate of drug-likeness (QED) is 0.849. The Morgan fingerprint density at radius 3 is 2.52 bits per heavy atom. The molecule has 0 fully saturated rings. The van der Waals surface area contributed by atoms with Gasteiger partial charge in [0.15, 0.2) is 0 Å². The number of nitrogens with one attached hydrogen (secondary N) is 1. The van der Waals surface area contributed by atoms with Crippen LogP contribution in [-0.2, 0) is 17.7 Å². The lowest BCUT2D eigenvalue weighted by Gasteiger charge is -2.28. The Hall–Kier alpha value is -1.78.